The number of aromatic nitrogens is 4. The van der Waals surface area contributed by atoms with E-state index in [9.17, 15) is 4.79 Å². The number of nitrogens with zero attached hydrogens (tertiary/aromatic N) is 3. The van der Waals surface area contributed by atoms with Crippen LogP contribution in [0.3, 0.4) is 0 Å². The second kappa shape index (κ2) is 5.34. The van der Waals surface area contributed by atoms with Gasteiger partial charge in [0.05, 0.1) is 5.56 Å². The molecule has 3 rings (SSSR count). The Morgan fingerprint density at radius 3 is 2.43 bits per heavy atom. The van der Waals surface area contributed by atoms with Gasteiger partial charge in [-0.25, -0.2) is 9.89 Å². The van der Waals surface area contributed by atoms with Crippen LogP contribution in [-0.2, 0) is 0 Å². The molecule has 2 N–H and O–H groups in total. The molecule has 0 radical (unpaired) electrons. The third-order valence-corrected chi connectivity index (χ3v) is 3.36. The number of aromatic amines is 1. The molecule has 21 heavy (non-hydrogen) atoms. The van der Waals surface area contributed by atoms with Crippen molar-refractivity contribution in [1.82, 2.24) is 20.6 Å². The number of hydrogen-bond donors (Lipinski definition) is 2. The number of tetrazole rings is 1. The second-order valence-corrected chi connectivity index (χ2v) is 4.73. The zero-order chi connectivity index (χ0) is 14.8. The Morgan fingerprint density at radius 2 is 1.81 bits per heavy atom. The summed E-state index contributed by atoms with van der Waals surface area (Å²) in [6, 6.07) is 11.9. The number of carboxylic acid groups (broad SMARTS) is 1. The van der Waals surface area contributed by atoms with Gasteiger partial charge in [-0.3, -0.25) is 0 Å². The van der Waals surface area contributed by atoms with Crippen LogP contribution in [0.15, 0.2) is 42.5 Å². The van der Waals surface area contributed by atoms with Gasteiger partial charge in [-0.2, -0.15) is 0 Å². The first kappa shape index (κ1) is 13.3. The zero-order valence-corrected chi connectivity index (χ0v) is 11.4. The molecule has 0 saturated carbocycles. The second-order valence-electron chi connectivity index (χ2n) is 4.33. The molecule has 1 aromatic heterocycles. The molecule has 0 bridgehead atoms. The highest BCUT2D eigenvalue weighted by Crippen LogP contribution is 2.30. The van der Waals surface area contributed by atoms with E-state index in [2.05, 4.69) is 20.6 Å². The Balaban J connectivity index is 2.01. The van der Waals surface area contributed by atoms with Crippen molar-refractivity contribution < 1.29 is 9.90 Å². The summed E-state index contributed by atoms with van der Waals surface area (Å²) < 4.78 is 0. The van der Waals surface area contributed by atoms with Crippen molar-refractivity contribution >= 4 is 17.6 Å². The summed E-state index contributed by atoms with van der Waals surface area (Å²) in [6.45, 7) is 0. The van der Waals surface area contributed by atoms with E-state index in [0.717, 1.165) is 11.1 Å². The van der Waals surface area contributed by atoms with E-state index in [1.807, 2.05) is 24.3 Å². The van der Waals surface area contributed by atoms with Crippen LogP contribution in [0.1, 0.15) is 10.4 Å². The van der Waals surface area contributed by atoms with Gasteiger partial charge in [-0.05, 0) is 34.2 Å². The van der Waals surface area contributed by atoms with Crippen LogP contribution < -0.4 is 0 Å². The van der Waals surface area contributed by atoms with E-state index >= 15 is 0 Å². The molecule has 7 heteroatoms. The number of H-pyrrole nitrogens is 1. The zero-order valence-electron chi connectivity index (χ0n) is 10.6. The van der Waals surface area contributed by atoms with Crippen LogP contribution in [0.2, 0.25) is 5.02 Å². The van der Waals surface area contributed by atoms with Crippen LogP contribution in [0.25, 0.3) is 22.5 Å². The van der Waals surface area contributed by atoms with Crippen LogP contribution >= 0.6 is 11.6 Å². The molecule has 3 aromatic rings. The molecule has 0 aliphatic rings. The minimum Gasteiger partial charge on any atom is -0.478 e. The Labute approximate surface area is 124 Å². The van der Waals surface area contributed by atoms with Gasteiger partial charge in [0, 0.05) is 16.1 Å². The topological polar surface area (TPSA) is 91.8 Å². The molecule has 0 aliphatic carbocycles. The van der Waals surface area contributed by atoms with Gasteiger partial charge in [-0.15, -0.1) is 5.10 Å². The van der Waals surface area contributed by atoms with Crippen molar-refractivity contribution in [3.8, 4) is 22.5 Å². The predicted octanol–water partition coefficient (Wildman–Crippen LogP) is 2.89. The normalized spacial score (nSPS) is 10.5. The quantitative estimate of drug-likeness (QED) is 0.776. The maximum Gasteiger partial charge on any atom is 0.335 e. The van der Waals surface area contributed by atoms with E-state index in [0.29, 0.717) is 16.4 Å². The molecule has 104 valence electrons. The molecule has 0 atom stereocenters. The first-order valence-electron chi connectivity index (χ1n) is 6.02. The lowest BCUT2D eigenvalue weighted by Gasteiger charge is -2.06. The van der Waals surface area contributed by atoms with Gasteiger partial charge in [0.15, 0.2) is 5.82 Å². The average Bonchev–Trinajstić information content (AvgIpc) is 3.02. The summed E-state index contributed by atoms with van der Waals surface area (Å²) in [7, 11) is 0. The number of halogens is 1. The van der Waals surface area contributed by atoms with E-state index in [4.69, 9.17) is 16.7 Å². The standard InChI is InChI=1S/C14H9ClN4O2/c15-12-6-5-10(14(20)21)7-11(12)8-1-3-9(4-2-8)13-16-18-19-17-13/h1-7H,(H,20,21)(H,16,17,18,19). The molecule has 6 nitrogen and oxygen atoms in total. The molecule has 0 fully saturated rings. The lowest BCUT2D eigenvalue weighted by atomic mass is 10.0. The van der Waals surface area contributed by atoms with Crippen molar-refractivity contribution in [3.63, 3.8) is 0 Å². The lowest BCUT2D eigenvalue weighted by molar-refractivity contribution is 0.0697. The summed E-state index contributed by atoms with van der Waals surface area (Å²) in [5, 5.41) is 23.1. The maximum atomic E-state index is 11.0. The maximum absolute atomic E-state index is 11.0. The van der Waals surface area contributed by atoms with E-state index < -0.39 is 5.97 Å². The molecular weight excluding hydrogens is 292 g/mol. The van der Waals surface area contributed by atoms with E-state index in [1.54, 1.807) is 12.1 Å². The van der Waals surface area contributed by atoms with Crippen molar-refractivity contribution in [2.45, 2.75) is 0 Å². The van der Waals surface area contributed by atoms with Gasteiger partial charge in [0.25, 0.3) is 0 Å². The third-order valence-electron chi connectivity index (χ3n) is 3.03. The molecule has 0 aliphatic heterocycles. The van der Waals surface area contributed by atoms with Crippen LogP contribution in [0.4, 0.5) is 0 Å². The summed E-state index contributed by atoms with van der Waals surface area (Å²) in [5.74, 6) is -0.427. The molecule has 0 amide bonds. The van der Waals surface area contributed by atoms with Crippen molar-refractivity contribution in [2.24, 2.45) is 0 Å². The Hall–Kier alpha value is -2.73. The van der Waals surface area contributed by atoms with E-state index in [-0.39, 0.29) is 5.56 Å². The Bertz CT molecular complexity index is 785. The number of carboxylic acids is 1. The molecule has 0 saturated heterocycles. The third kappa shape index (κ3) is 2.61. The number of carbonyl (C=O) groups is 1. The van der Waals surface area contributed by atoms with Crippen molar-refractivity contribution in [2.75, 3.05) is 0 Å². The summed E-state index contributed by atoms with van der Waals surface area (Å²) >= 11 is 6.14. The minimum absolute atomic E-state index is 0.193. The fourth-order valence-electron chi connectivity index (χ4n) is 1.97. The first-order chi connectivity index (χ1) is 10.1. The fraction of sp³-hybridized carbons (Fsp3) is 0. The average molecular weight is 301 g/mol. The highest BCUT2D eigenvalue weighted by Gasteiger charge is 2.10. The largest absolute Gasteiger partial charge is 0.478 e. The lowest BCUT2D eigenvalue weighted by Crippen LogP contribution is -1.96. The summed E-state index contributed by atoms with van der Waals surface area (Å²) in [5.41, 5.74) is 2.50. The number of hydrogen-bond acceptors (Lipinski definition) is 4. The number of rotatable bonds is 3. The SMILES string of the molecule is O=C(O)c1ccc(Cl)c(-c2ccc(-c3nnn[nH]3)cc2)c1. The van der Waals surface area contributed by atoms with Crippen LogP contribution in [0, 0.1) is 0 Å². The molecule has 0 unspecified atom stereocenters. The summed E-state index contributed by atoms with van der Waals surface area (Å²) in [4.78, 5) is 11.0. The smallest absolute Gasteiger partial charge is 0.335 e. The van der Waals surface area contributed by atoms with Crippen LogP contribution in [-0.4, -0.2) is 31.7 Å². The first-order valence-corrected chi connectivity index (χ1v) is 6.40. The van der Waals surface area contributed by atoms with Gasteiger partial charge in [-0.1, -0.05) is 35.9 Å². The van der Waals surface area contributed by atoms with Crippen molar-refractivity contribution in [1.29, 1.82) is 0 Å². The van der Waals surface area contributed by atoms with Crippen LogP contribution in [0.5, 0.6) is 0 Å². The monoisotopic (exact) mass is 300 g/mol. The molecule has 2 aromatic carbocycles. The molecule has 1 heterocycles. The number of benzene rings is 2. The minimum atomic E-state index is -0.989. The van der Waals surface area contributed by atoms with Gasteiger partial charge >= 0.3 is 5.97 Å². The highest BCUT2D eigenvalue weighted by molar-refractivity contribution is 6.33. The van der Waals surface area contributed by atoms with Gasteiger partial charge in [0.2, 0.25) is 0 Å². The Kier molecular flexibility index (Phi) is 3.37. The van der Waals surface area contributed by atoms with Gasteiger partial charge < -0.3 is 5.11 Å². The Morgan fingerprint density at radius 1 is 1.10 bits per heavy atom. The molecule has 0 spiro atoms. The summed E-state index contributed by atoms with van der Waals surface area (Å²) in [6.07, 6.45) is 0. The predicted molar refractivity (Wildman–Crippen MR) is 77.0 cm³/mol. The molecular formula is C14H9ClN4O2. The number of nitrogens with one attached hydrogen (secondary N) is 1. The fourth-order valence-corrected chi connectivity index (χ4v) is 2.20. The van der Waals surface area contributed by atoms with Gasteiger partial charge in [0.1, 0.15) is 0 Å². The highest BCUT2D eigenvalue weighted by atomic mass is 35.5. The van der Waals surface area contributed by atoms with E-state index in [1.165, 1.54) is 6.07 Å². The number of aromatic carboxylic acids is 1. The van der Waals surface area contributed by atoms with Crippen molar-refractivity contribution in [3.05, 3.63) is 53.1 Å².